The quantitative estimate of drug-likeness (QED) is 0.213. The van der Waals surface area contributed by atoms with E-state index < -0.39 is 61.1 Å². The topological polar surface area (TPSA) is 190 Å². The maximum absolute atomic E-state index is 8.59. The zero-order valence-electron chi connectivity index (χ0n) is 5.45. The minimum absolute atomic E-state index is 0. The summed E-state index contributed by atoms with van der Waals surface area (Å²) in [5, 5.41) is 0. The van der Waals surface area contributed by atoms with E-state index in [0.29, 0.717) is 0 Å². The van der Waals surface area contributed by atoms with Crippen molar-refractivity contribution < 1.29 is 104 Å². The van der Waals surface area contributed by atoms with Crippen molar-refractivity contribution in [1.82, 2.24) is 0 Å². The molecule has 0 heterocycles. The largest absolute Gasteiger partial charge is 3.00 e. The molecule has 0 aromatic rings. The first-order valence-electron chi connectivity index (χ1n) is 1.50. The van der Waals surface area contributed by atoms with Crippen molar-refractivity contribution in [3.63, 3.8) is 0 Å². The molecule has 0 aliphatic heterocycles. The Morgan fingerprint density at radius 1 is 0.500 bits per heavy atom. The zero-order valence-corrected chi connectivity index (χ0v) is 16.0. The fraction of sp³-hybridized carbons (Fsp3) is 0. The molecule has 0 aliphatic rings. The van der Waals surface area contributed by atoms with Gasteiger partial charge in [0.15, 0.2) is 0 Å². The van der Waals surface area contributed by atoms with Crippen LogP contribution in [0.5, 0.6) is 0 Å². The van der Waals surface area contributed by atoms with E-state index in [1.807, 2.05) is 0 Å². The predicted molar refractivity (Wildman–Crippen MR) is 19.3 cm³/mol. The standard InChI is InChI=1S/3H2O3Te.2Tm/c3*1-4(2)3;;/h3*(H2,1,2,3);;/q;;;2*+3/p-6. The second kappa shape index (κ2) is 25.7. The van der Waals surface area contributed by atoms with Gasteiger partial charge >= 0.3 is 165 Å². The third-order valence-corrected chi connectivity index (χ3v) is 0. The summed E-state index contributed by atoms with van der Waals surface area (Å²) in [6.45, 7) is 0. The molecule has 0 aromatic heterocycles. The minimum atomic E-state index is -4.11. The van der Waals surface area contributed by atoms with Crippen LogP contribution in [-0.2, 0) is 9.31 Å². The monoisotopic (exact) mass is 872 g/mol. The van der Waals surface area contributed by atoms with Crippen molar-refractivity contribution in [3.8, 4) is 0 Å². The van der Waals surface area contributed by atoms with E-state index >= 15 is 0 Å². The van der Waals surface area contributed by atoms with Gasteiger partial charge in [-0.3, -0.25) is 0 Å². The Balaban J connectivity index is -0.0000000270. The number of hydrogen-bond donors (Lipinski definition) is 0. The van der Waals surface area contributed by atoms with Gasteiger partial charge in [0.1, 0.15) is 0 Å². The van der Waals surface area contributed by atoms with Gasteiger partial charge in [0.2, 0.25) is 0 Å². The van der Waals surface area contributed by atoms with Gasteiger partial charge in [-0.1, -0.05) is 0 Å². The van der Waals surface area contributed by atoms with E-state index in [1.165, 1.54) is 0 Å². The van der Waals surface area contributed by atoms with Gasteiger partial charge in [-0.2, -0.15) is 0 Å². The van der Waals surface area contributed by atoms with E-state index in [9.17, 15) is 0 Å². The van der Waals surface area contributed by atoms with E-state index in [0.717, 1.165) is 0 Å². The molecule has 0 rings (SSSR count). The summed E-state index contributed by atoms with van der Waals surface area (Å²) >= 11 is -12.3. The molecule has 0 N–H and O–H groups in total. The summed E-state index contributed by atoms with van der Waals surface area (Å²) < 4.78 is 77.3. The first-order chi connectivity index (χ1) is 5.20. The molecule has 0 amide bonds. The molecule has 14 heteroatoms. The summed E-state index contributed by atoms with van der Waals surface area (Å²) in [7, 11) is 0. The van der Waals surface area contributed by atoms with E-state index in [-0.39, 0.29) is 73.7 Å². The molecule has 0 unspecified atom stereocenters. The third kappa shape index (κ3) is 225. The Morgan fingerprint density at radius 2 is 0.500 bits per heavy atom. The van der Waals surface area contributed by atoms with Gasteiger partial charge in [-0.15, -0.1) is 0 Å². The normalized spacial score (nSPS) is 7.50. The van der Waals surface area contributed by atoms with Gasteiger partial charge < -0.3 is 0 Å². The molecule has 0 radical (unpaired) electrons. The fourth-order valence-electron chi connectivity index (χ4n) is 0. The maximum Gasteiger partial charge on any atom is 3.00 e. The van der Waals surface area contributed by atoms with Crippen LogP contribution in [0.1, 0.15) is 0 Å². The zero-order chi connectivity index (χ0) is 10.7. The van der Waals surface area contributed by atoms with E-state index in [4.69, 9.17) is 30.1 Å². The molecule has 0 fully saturated rings. The average molecular weight is 865 g/mol. The summed E-state index contributed by atoms with van der Waals surface area (Å²) in [4.78, 5) is 0. The second-order valence-corrected chi connectivity index (χ2v) is 4.11. The van der Waals surface area contributed by atoms with Crippen LogP contribution in [0, 0.1) is 73.7 Å². The Hall–Kier alpha value is 4.00. The van der Waals surface area contributed by atoms with Gasteiger partial charge in [0.25, 0.3) is 0 Å². The summed E-state index contributed by atoms with van der Waals surface area (Å²) in [6, 6.07) is 0. The van der Waals surface area contributed by atoms with Gasteiger partial charge in [0, 0.05) is 0 Å². The molecule has 0 atom stereocenters. The van der Waals surface area contributed by atoms with Gasteiger partial charge in [0.05, 0.1) is 0 Å². The Labute approximate surface area is 161 Å². The van der Waals surface area contributed by atoms with Crippen molar-refractivity contribution in [2.24, 2.45) is 0 Å². The van der Waals surface area contributed by atoms with Crippen LogP contribution >= 0.6 is 0 Å². The van der Waals surface area contributed by atoms with Crippen LogP contribution in [0.15, 0.2) is 0 Å². The Kier molecular flexibility index (Phi) is 56.6. The molecule has 9 nitrogen and oxygen atoms in total. The van der Waals surface area contributed by atoms with Crippen molar-refractivity contribution >= 4 is 61.1 Å². The summed E-state index contributed by atoms with van der Waals surface area (Å²) in [5.74, 6) is 0. The van der Waals surface area contributed by atoms with E-state index in [1.54, 1.807) is 0 Å². The molecule has 0 saturated heterocycles. The molecular formula is O9Te3Tm2. The second-order valence-electron chi connectivity index (χ2n) is 0.612. The molecular weight excluding hydrogens is 865 g/mol. The maximum atomic E-state index is 8.59. The first-order valence-corrected chi connectivity index (χ1v) is 10.1. The SMILES string of the molecule is O=[Te]([O-])[O-].O=[Te]([O-])[O-].O=[Te]([O-])[O-].[Tm+3].[Tm+3]. The smallest absolute Gasteiger partial charge is 3.00 e. The van der Waals surface area contributed by atoms with Crippen LogP contribution in [-0.4, -0.2) is 61.1 Å². The first kappa shape index (κ1) is 30.8. The molecule has 0 bridgehead atoms. The van der Waals surface area contributed by atoms with Crippen LogP contribution in [0.25, 0.3) is 0 Å². The van der Waals surface area contributed by atoms with Crippen LogP contribution in [0.2, 0.25) is 0 Å². The van der Waals surface area contributed by atoms with Crippen molar-refractivity contribution in [3.05, 3.63) is 0 Å². The predicted octanol–water partition coefficient (Wildman–Crippen LogP) is -8.63. The third-order valence-electron chi connectivity index (χ3n) is 0. The Bertz CT molecular complexity index is 116. The van der Waals surface area contributed by atoms with Crippen molar-refractivity contribution in [1.29, 1.82) is 0 Å². The minimum Gasteiger partial charge on any atom is 3.00 e. The summed E-state index contributed by atoms with van der Waals surface area (Å²) in [6.07, 6.45) is 0. The molecule has 0 saturated carbocycles. The molecule has 0 aliphatic carbocycles. The summed E-state index contributed by atoms with van der Waals surface area (Å²) in [5.41, 5.74) is 0. The average Bonchev–Trinajstić information content (AvgIpc) is 1.54. The molecule has 0 aromatic carbocycles. The van der Waals surface area contributed by atoms with Gasteiger partial charge in [-0.05, 0) is 0 Å². The molecule has 98 valence electrons. The number of rotatable bonds is 0. The fourth-order valence-corrected chi connectivity index (χ4v) is 0. The van der Waals surface area contributed by atoms with Crippen LogP contribution in [0.3, 0.4) is 0 Å². The van der Waals surface area contributed by atoms with Gasteiger partial charge in [-0.25, -0.2) is 0 Å². The van der Waals surface area contributed by atoms with E-state index in [2.05, 4.69) is 0 Å². The molecule has 14 heavy (non-hydrogen) atoms. The Morgan fingerprint density at radius 3 is 0.500 bits per heavy atom. The molecule has 0 spiro atoms. The van der Waals surface area contributed by atoms with Crippen LogP contribution in [0.4, 0.5) is 0 Å². The number of hydrogen-bond acceptors (Lipinski definition) is 9. The van der Waals surface area contributed by atoms with Crippen molar-refractivity contribution in [2.45, 2.75) is 0 Å². The van der Waals surface area contributed by atoms with Crippen LogP contribution < -0.4 is 20.8 Å². The van der Waals surface area contributed by atoms with Crippen molar-refractivity contribution in [2.75, 3.05) is 0 Å².